The second kappa shape index (κ2) is 8.51. The maximum atomic E-state index is 12.2. The van der Waals surface area contributed by atoms with Crippen molar-refractivity contribution in [1.82, 2.24) is 15.6 Å². The number of pyridine rings is 1. The first-order chi connectivity index (χ1) is 10.7. The van der Waals surface area contributed by atoms with Crippen LogP contribution in [0.1, 0.15) is 16.8 Å². The Hall–Kier alpha value is -1.92. The third-order valence-electron chi connectivity index (χ3n) is 2.93. The van der Waals surface area contributed by atoms with Crippen molar-refractivity contribution in [2.75, 3.05) is 20.1 Å². The minimum absolute atomic E-state index is 0.184. The molecular formula is C16H18BrN3O2. The highest BCUT2D eigenvalue weighted by atomic mass is 79.9. The van der Waals surface area contributed by atoms with E-state index in [0.717, 1.165) is 17.4 Å². The molecule has 0 saturated carbocycles. The van der Waals surface area contributed by atoms with Gasteiger partial charge in [-0.05, 0) is 56.4 Å². The molecule has 6 heteroatoms. The van der Waals surface area contributed by atoms with Gasteiger partial charge in [0.25, 0.3) is 5.91 Å². The molecule has 0 bridgehead atoms. The van der Waals surface area contributed by atoms with Crippen molar-refractivity contribution in [1.29, 1.82) is 0 Å². The average molecular weight is 364 g/mol. The number of benzene rings is 1. The first-order valence-corrected chi connectivity index (χ1v) is 7.81. The Morgan fingerprint density at radius 1 is 1.23 bits per heavy atom. The zero-order valence-electron chi connectivity index (χ0n) is 12.3. The molecule has 0 aliphatic carbocycles. The van der Waals surface area contributed by atoms with E-state index in [-0.39, 0.29) is 5.91 Å². The average Bonchev–Trinajstić information content (AvgIpc) is 2.54. The van der Waals surface area contributed by atoms with Gasteiger partial charge >= 0.3 is 0 Å². The van der Waals surface area contributed by atoms with Crippen LogP contribution in [0.2, 0.25) is 0 Å². The fourth-order valence-electron chi connectivity index (χ4n) is 1.82. The molecule has 1 aromatic carbocycles. The lowest BCUT2D eigenvalue weighted by Gasteiger charge is -2.10. The minimum atomic E-state index is -0.184. The Balaban J connectivity index is 2.06. The van der Waals surface area contributed by atoms with Crippen molar-refractivity contribution in [3.05, 3.63) is 52.6 Å². The van der Waals surface area contributed by atoms with Crippen LogP contribution in [-0.4, -0.2) is 31.0 Å². The normalized spacial score (nSPS) is 10.3. The number of ether oxygens (including phenoxy) is 1. The Morgan fingerprint density at radius 2 is 2.00 bits per heavy atom. The largest absolute Gasteiger partial charge is 0.438 e. The van der Waals surface area contributed by atoms with Gasteiger partial charge in [0.1, 0.15) is 11.3 Å². The van der Waals surface area contributed by atoms with Gasteiger partial charge in [0.05, 0.1) is 0 Å². The Morgan fingerprint density at radius 3 is 2.73 bits per heavy atom. The molecule has 116 valence electrons. The Bertz CT molecular complexity index is 617. The lowest BCUT2D eigenvalue weighted by atomic mass is 10.2. The van der Waals surface area contributed by atoms with Crippen LogP contribution in [0.3, 0.4) is 0 Å². The molecule has 0 saturated heterocycles. The van der Waals surface area contributed by atoms with Gasteiger partial charge in [-0.3, -0.25) is 4.79 Å². The van der Waals surface area contributed by atoms with Gasteiger partial charge in [-0.1, -0.05) is 15.9 Å². The van der Waals surface area contributed by atoms with Crippen LogP contribution in [-0.2, 0) is 0 Å². The molecule has 0 fully saturated rings. The summed E-state index contributed by atoms with van der Waals surface area (Å²) in [6.45, 7) is 1.46. The lowest BCUT2D eigenvalue weighted by Crippen LogP contribution is -2.27. The number of halogens is 1. The molecular weight excluding hydrogens is 346 g/mol. The Labute approximate surface area is 138 Å². The van der Waals surface area contributed by atoms with E-state index in [9.17, 15) is 4.79 Å². The van der Waals surface area contributed by atoms with E-state index in [1.807, 2.05) is 31.3 Å². The standard InChI is InChI=1S/C16H18BrN3O2/c1-18-9-3-11-19-15(21)14-4-2-10-20-16(14)22-13-7-5-12(17)6-8-13/h2,4-8,10,18H,3,9,11H2,1H3,(H,19,21). The summed E-state index contributed by atoms with van der Waals surface area (Å²) in [6.07, 6.45) is 2.47. The number of hydrogen-bond acceptors (Lipinski definition) is 4. The predicted octanol–water partition coefficient (Wildman–Crippen LogP) is 2.98. The molecule has 0 aliphatic heterocycles. The van der Waals surface area contributed by atoms with Crippen molar-refractivity contribution in [2.24, 2.45) is 0 Å². The molecule has 2 N–H and O–H groups in total. The molecule has 0 unspecified atom stereocenters. The van der Waals surface area contributed by atoms with Crippen LogP contribution in [0.4, 0.5) is 0 Å². The number of nitrogens with one attached hydrogen (secondary N) is 2. The third kappa shape index (κ3) is 4.82. The molecule has 2 aromatic rings. The van der Waals surface area contributed by atoms with E-state index in [0.29, 0.717) is 23.7 Å². The molecule has 5 nitrogen and oxygen atoms in total. The molecule has 0 spiro atoms. The summed E-state index contributed by atoms with van der Waals surface area (Å²) >= 11 is 3.37. The number of amides is 1. The van der Waals surface area contributed by atoms with Gasteiger partial charge in [-0.15, -0.1) is 0 Å². The van der Waals surface area contributed by atoms with E-state index in [1.54, 1.807) is 18.3 Å². The second-order valence-electron chi connectivity index (χ2n) is 4.63. The summed E-state index contributed by atoms with van der Waals surface area (Å²) in [7, 11) is 1.88. The van der Waals surface area contributed by atoms with E-state index in [2.05, 4.69) is 31.5 Å². The fourth-order valence-corrected chi connectivity index (χ4v) is 2.09. The van der Waals surface area contributed by atoms with Crippen LogP contribution < -0.4 is 15.4 Å². The summed E-state index contributed by atoms with van der Waals surface area (Å²) in [6, 6.07) is 10.8. The highest BCUT2D eigenvalue weighted by molar-refractivity contribution is 9.10. The van der Waals surface area contributed by atoms with Crippen molar-refractivity contribution in [2.45, 2.75) is 6.42 Å². The molecule has 0 radical (unpaired) electrons. The van der Waals surface area contributed by atoms with Crippen LogP contribution in [0.5, 0.6) is 11.6 Å². The molecule has 1 aromatic heterocycles. The molecule has 22 heavy (non-hydrogen) atoms. The number of carbonyl (C=O) groups is 1. The van der Waals surface area contributed by atoms with E-state index in [4.69, 9.17) is 4.74 Å². The Kier molecular flexibility index (Phi) is 6.36. The van der Waals surface area contributed by atoms with E-state index < -0.39 is 0 Å². The number of hydrogen-bond donors (Lipinski definition) is 2. The van der Waals surface area contributed by atoms with Gasteiger partial charge < -0.3 is 15.4 Å². The first-order valence-electron chi connectivity index (χ1n) is 7.02. The van der Waals surface area contributed by atoms with Crippen LogP contribution in [0.15, 0.2) is 47.1 Å². The maximum absolute atomic E-state index is 12.2. The molecule has 2 rings (SSSR count). The zero-order chi connectivity index (χ0) is 15.8. The number of nitrogens with zero attached hydrogens (tertiary/aromatic N) is 1. The van der Waals surface area contributed by atoms with Crippen molar-refractivity contribution in [3.8, 4) is 11.6 Å². The number of rotatable bonds is 7. The second-order valence-corrected chi connectivity index (χ2v) is 5.54. The summed E-state index contributed by atoms with van der Waals surface area (Å²) in [4.78, 5) is 16.4. The van der Waals surface area contributed by atoms with E-state index in [1.165, 1.54) is 0 Å². The van der Waals surface area contributed by atoms with Gasteiger partial charge in [0.15, 0.2) is 0 Å². The smallest absolute Gasteiger partial charge is 0.256 e. The summed E-state index contributed by atoms with van der Waals surface area (Å²) in [5.74, 6) is 0.749. The predicted molar refractivity (Wildman–Crippen MR) is 89.3 cm³/mol. The molecule has 1 amide bonds. The van der Waals surface area contributed by atoms with Gasteiger partial charge in [-0.2, -0.15) is 0 Å². The highest BCUT2D eigenvalue weighted by Crippen LogP contribution is 2.24. The quantitative estimate of drug-likeness (QED) is 0.742. The van der Waals surface area contributed by atoms with Crippen LogP contribution in [0, 0.1) is 0 Å². The topological polar surface area (TPSA) is 63.2 Å². The molecule has 1 heterocycles. The maximum Gasteiger partial charge on any atom is 0.256 e. The summed E-state index contributed by atoms with van der Waals surface area (Å²) in [5, 5.41) is 5.90. The fraction of sp³-hybridized carbons (Fsp3) is 0.250. The van der Waals surface area contributed by atoms with Crippen LogP contribution >= 0.6 is 15.9 Å². The zero-order valence-corrected chi connectivity index (χ0v) is 13.9. The molecule has 0 atom stereocenters. The summed E-state index contributed by atoms with van der Waals surface area (Å²) < 4.78 is 6.67. The van der Waals surface area contributed by atoms with Crippen LogP contribution in [0.25, 0.3) is 0 Å². The van der Waals surface area contributed by atoms with Crippen molar-refractivity contribution in [3.63, 3.8) is 0 Å². The first kappa shape index (κ1) is 16.5. The van der Waals surface area contributed by atoms with Crippen molar-refractivity contribution >= 4 is 21.8 Å². The minimum Gasteiger partial charge on any atom is -0.438 e. The molecule has 0 aliphatic rings. The SMILES string of the molecule is CNCCCNC(=O)c1cccnc1Oc1ccc(Br)cc1. The monoisotopic (exact) mass is 363 g/mol. The summed E-state index contributed by atoms with van der Waals surface area (Å²) in [5.41, 5.74) is 0.426. The van der Waals surface area contributed by atoms with Gasteiger partial charge in [-0.25, -0.2) is 4.98 Å². The highest BCUT2D eigenvalue weighted by Gasteiger charge is 2.13. The lowest BCUT2D eigenvalue weighted by molar-refractivity contribution is 0.0950. The third-order valence-corrected chi connectivity index (χ3v) is 3.46. The van der Waals surface area contributed by atoms with E-state index >= 15 is 0 Å². The van der Waals surface area contributed by atoms with Gasteiger partial charge in [0, 0.05) is 17.2 Å². The number of carbonyl (C=O) groups excluding carboxylic acids is 1. The van der Waals surface area contributed by atoms with Gasteiger partial charge in [0.2, 0.25) is 5.88 Å². The van der Waals surface area contributed by atoms with Crippen molar-refractivity contribution < 1.29 is 9.53 Å². The number of aromatic nitrogens is 1.